The highest BCUT2D eigenvalue weighted by molar-refractivity contribution is 6.30. The molecule has 0 aliphatic carbocycles. The van der Waals surface area contributed by atoms with Gasteiger partial charge >= 0.3 is 6.18 Å². The zero-order valence-corrected chi connectivity index (χ0v) is 18.1. The number of hydrogen-bond donors (Lipinski definition) is 0. The second kappa shape index (κ2) is 9.73. The van der Waals surface area contributed by atoms with Crippen LogP contribution in [0.25, 0.3) is 0 Å². The molecule has 0 saturated carbocycles. The third kappa shape index (κ3) is 6.47. The van der Waals surface area contributed by atoms with Gasteiger partial charge in [-0.15, -0.1) is 0 Å². The molecule has 3 rings (SSSR count). The van der Waals surface area contributed by atoms with Gasteiger partial charge < -0.3 is 9.74 Å². The molecule has 0 unspecified atom stereocenters. The normalized spacial score (nSPS) is 16.2. The summed E-state index contributed by atoms with van der Waals surface area (Å²) in [6.07, 6.45) is -3.84. The third-order valence-corrected chi connectivity index (χ3v) is 5.18. The Kier molecular flexibility index (Phi) is 7.26. The predicted octanol–water partition coefficient (Wildman–Crippen LogP) is 5.93. The first kappa shape index (κ1) is 23.1. The second-order valence-electron chi connectivity index (χ2n) is 8.04. The molecule has 8 heteroatoms. The van der Waals surface area contributed by atoms with E-state index in [0.717, 1.165) is 23.4 Å². The van der Waals surface area contributed by atoms with Gasteiger partial charge in [-0.3, -0.25) is 4.79 Å². The Hall–Kier alpha value is -2.54. The van der Waals surface area contributed by atoms with Gasteiger partial charge in [-0.05, 0) is 41.3 Å². The third-order valence-electron chi connectivity index (χ3n) is 4.92. The molecule has 4 nitrogen and oxygen atoms in total. The number of nitrogens with zero attached hydrogens (tertiary/aromatic N) is 2. The molecule has 0 radical (unpaired) electrons. The van der Waals surface area contributed by atoms with E-state index in [1.165, 1.54) is 12.1 Å². The van der Waals surface area contributed by atoms with Gasteiger partial charge in [0.25, 0.3) is 0 Å². The standard InChI is InChI=1S/C23H24ClF3N2O2/c1-15(2)11-22(30)29(13-16-3-7-18(8-4-16)23(25,26)27)14-20-12-21(28-31-20)17-5-9-19(24)10-6-17/h3-10,15,20H,11-14H2,1-2H3/t20-/m0/s1. The van der Waals surface area contributed by atoms with Gasteiger partial charge in [0.2, 0.25) is 5.91 Å². The lowest BCUT2D eigenvalue weighted by molar-refractivity contribution is -0.138. The maximum absolute atomic E-state index is 12.8. The summed E-state index contributed by atoms with van der Waals surface area (Å²) >= 11 is 5.93. The van der Waals surface area contributed by atoms with E-state index in [2.05, 4.69) is 5.16 Å². The van der Waals surface area contributed by atoms with Gasteiger partial charge in [0, 0.05) is 24.4 Å². The van der Waals surface area contributed by atoms with E-state index in [-0.39, 0.29) is 24.5 Å². The molecular formula is C23H24ClF3N2O2. The Morgan fingerprint density at radius 3 is 2.39 bits per heavy atom. The summed E-state index contributed by atoms with van der Waals surface area (Å²) in [6.45, 7) is 4.40. The molecule has 2 aromatic carbocycles. The maximum atomic E-state index is 12.8. The molecule has 0 bridgehead atoms. The van der Waals surface area contributed by atoms with Crippen molar-refractivity contribution in [3.8, 4) is 0 Å². The first-order chi connectivity index (χ1) is 14.6. The second-order valence-corrected chi connectivity index (χ2v) is 8.48. The number of carbonyl (C=O) groups is 1. The van der Waals surface area contributed by atoms with Crippen LogP contribution >= 0.6 is 11.6 Å². The van der Waals surface area contributed by atoms with Gasteiger partial charge in [0.05, 0.1) is 17.8 Å². The molecule has 31 heavy (non-hydrogen) atoms. The Labute approximate surface area is 184 Å². The largest absolute Gasteiger partial charge is 0.416 e. The van der Waals surface area contributed by atoms with Crippen LogP contribution in [0.15, 0.2) is 53.7 Å². The molecule has 1 aliphatic rings. The lowest BCUT2D eigenvalue weighted by Gasteiger charge is -2.26. The number of carbonyl (C=O) groups excluding carboxylic acids is 1. The van der Waals surface area contributed by atoms with Crippen LogP contribution in [-0.4, -0.2) is 29.2 Å². The Morgan fingerprint density at radius 2 is 1.81 bits per heavy atom. The smallest absolute Gasteiger partial charge is 0.390 e. The quantitative estimate of drug-likeness (QED) is 0.522. The fourth-order valence-electron chi connectivity index (χ4n) is 3.34. The van der Waals surface area contributed by atoms with Crippen molar-refractivity contribution in [3.63, 3.8) is 0 Å². The number of rotatable bonds is 7. The van der Waals surface area contributed by atoms with Crippen molar-refractivity contribution in [3.05, 3.63) is 70.2 Å². The van der Waals surface area contributed by atoms with Crippen molar-refractivity contribution in [2.24, 2.45) is 11.1 Å². The van der Waals surface area contributed by atoms with E-state index in [1.54, 1.807) is 17.0 Å². The number of benzene rings is 2. The lowest BCUT2D eigenvalue weighted by atomic mass is 10.0. The van der Waals surface area contributed by atoms with Crippen LogP contribution in [0.2, 0.25) is 5.02 Å². The summed E-state index contributed by atoms with van der Waals surface area (Å²) in [5, 5.41) is 4.77. The van der Waals surface area contributed by atoms with E-state index in [4.69, 9.17) is 16.4 Å². The van der Waals surface area contributed by atoms with Crippen LogP contribution in [0, 0.1) is 5.92 Å². The summed E-state index contributed by atoms with van der Waals surface area (Å²) < 4.78 is 38.5. The fourth-order valence-corrected chi connectivity index (χ4v) is 3.46. The Bertz CT molecular complexity index is 925. The van der Waals surface area contributed by atoms with Gasteiger partial charge in [-0.2, -0.15) is 13.2 Å². The fraction of sp³-hybridized carbons (Fsp3) is 0.391. The first-order valence-corrected chi connectivity index (χ1v) is 10.4. The molecule has 2 aromatic rings. The van der Waals surface area contributed by atoms with Crippen LogP contribution in [0.3, 0.4) is 0 Å². The highest BCUT2D eigenvalue weighted by atomic mass is 35.5. The minimum absolute atomic E-state index is 0.0709. The van der Waals surface area contributed by atoms with Crippen LogP contribution in [0.5, 0.6) is 0 Å². The molecule has 1 heterocycles. The van der Waals surface area contributed by atoms with Crippen molar-refractivity contribution in [1.82, 2.24) is 4.90 Å². The van der Waals surface area contributed by atoms with Crippen molar-refractivity contribution < 1.29 is 22.8 Å². The average molecular weight is 453 g/mol. The molecule has 1 atom stereocenters. The van der Waals surface area contributed by atoms with Gasteiger partial charge in [0.1, 0.15) is 0 Å². The van der Waals surface area contributed by atoms with Crippen molar-refractivity contribution in [2.45, 2.75) is 45.5 Å². The zero-order chi connectivity index (χ0) is 22.6. The minimum Gasteiger partial charge on any atom is -0.390 e. The molecule has 1 aliphatic heterocycles. The predicted molar refractivity (Wildman–Crippen MR) is 114 cm³/mol. The summed E-state index contributed by atoms with van der Waals surface area (Å²) in [5.74, 6) is 0.0893. The van der Waals surface area contributed by atoms with Crippen molar-refractivity contribution in [2.75, 3.05) is 6.54 Å². The SMILES string of the molecule is CC(C)CC(=O)N(Cc1ccc(C(F)(F)F)cc1)C[C@@H]1CC(c2ccc(Cl)cc2)=NO1. The molecule has 166 valence electrons. The highest BCUT2D eigenvalue weighted by Crippen LogP contribution is 2.29. The molecule has 0 N–H and O–H groups in total. The van der Waals surface area contributed by atoms with Crippen molar-refractivity contribution >= 4 is 23.2 Å². The van der Waals surface area contributed by atoms with E-state index >= 15 is 0 Å². The molecule has 0 aromatic heterocycles. The van der Waals surface area contributed by atoms with Gasteiger partial charge in [-0.25, -0.2) is 0 Å². The summed E-state index contributed by atoms with van der Waals surface area (Å²) in [4.78, 5) is 20.0. The Morgan fingerprint density at radius 1 is 1.16 bits per heavy atom. The minimum atomic E-state index is -4.39. The average Bonchev–Trinajstić information content (AvgIpc) is 3.16. The van der Waals surface area contributed by atoms with E-state index in [0.29, 0.717) is 30.0 Å². The number of hydrogen-bond acceptors (Lipinski definition) is 3. The molecule has 0 spiro atoms. The monoisotopic (exact) mass is 452 g/mol. The van der Waals surface area contributed by atoms with Gasteiger partial charge in [-0.1, -0.05) is 54.9 Å². The number of amides is 1. The first-order valence-electron chi connectivity index (χ1n) is 10.0. The van der Waals surface area contributed by atoms with Crippen LogP contribution < -0.4 is 0 Å². The molecule has 1 amide bonds. The number of alkyl halides is 3. The summed E-state index contributed by atoms with van der Waals surface area (Å²) in [6, 6.07) is 12.1. The van der Waals surface area contributed by atoms with E-state index in [9.17, 15) is 18.0 Å². The summed E-state index contributed by atoms with van der Waals surface area (Å²) in [5.41, 5.74) is 1.58. The van der Waals surface area contributed by atoms with Crippen molar-refractivity contribution in [1.29, 1.82) is 0 Å². The maximum Gasteiger partial charge on any atom is 0.416 e. The topological polar surface area (TPSA) is 41.9 Å². The zero-order valence-electron chi connectivity index (χ0n) is 17.3. The van der Waals surface area contributed by atoms with Crippen LogP contribution in [-0.2, 0) is 22.4 Å². The molecule has 0 fully saturated rings. The van der Waals surface area contributed by atoms with E-state index < -0.39 is 11.7 Å². The molecule has 0 saturated heterocycles. The lowest BCUT2D eigenvalue weighted by Crippen LogP contribution is -2.37. The molecular weight excluding hydrogens is 429 g/mol. The van der Waals surface area contributed by atoms with Crippen LogP contribution in [0.4, 0.5) is 13.2 Å². The van der Waals surface area contributed by atoms with Gasteiger partial charge in [0.15, 0.2) is 6.10 Å². The highest BCUT2D eigenvalue weighted by Gasteiger charge is 2.30. The number of halogens is 4. The number of oxime groups is 1. The Balaban J connectivity index is 1.68. The van der Waals surface area contributed by atoms with Crippen LogP contribution in [0.1, 0.15) is 43.4 Å². The van der Waals surface area contributed by atoms with E-state index in [1.807, 2.05) is 26.0 Å². The summed E-state index contributed by atoms with van der Waals surface area (Å²) in [7, 11) is 0.